The van der Waals surface area contributed by atoms with Gasteiger partial charge in [0.15, 0.2) is 0 Å². The van der Waals surface area contributed by atoms with Crippen LogP contribution in [0.1, 0.15) is 30.0 Å². The van der Waals surface area contributed by atoms with Gasteiger partial charge in [-0.15, -0.1) is 0 Å². The fourth-order valence-corrected chi connectivity index (χ4v) is 3.30. The molecule has 0 bridgehead atoms. The highest BCUT2D eigenvalue weighted by molar-refractivity contribution is 6.30. The van der Waals surface area contributed by atoms with Crippen molar-refractivity contribution in [2.24, 2.45) is 0 Å². The Bertz CT molecular complexity index is 596. The van der Waals surface area contributed by atoms with E-state index in [1.54, 1.807) is 7.11 Å². The van der Waals surface area contributed by atoms with Gasteiger partial charge in [-0.25, -0.2) is 0 Å². The predicted octanol–water partition coefficient (Wildman–Crippen LogP) is 4.69. The van der Waals surface area contributed by atoms with Crippen LogP contribution in [-0.2, 0) is 6.54 Å². The van der Waals surface area contributed by atoms with E-state index in [9.17, 15) is 0 Å². The first-order valence-corrected chi connectivity index (χ1v) is 7.76. The molecule has 2 nitrogen and oxygen atoms in total. The minimum Gasteiger partial charge on any atom is -0.497 e. The summed E-state index contributed by atoms with van der Waals surface area (Å²) in [6.07, 6.45) is 2.46. The first kappa shape index (κ1) is 14.4. The Balaban J connectivity index is 1.75. The molecular weight excluding hydrogens is 282 g/mol. The van der Waals surface area contributed by atoms with E-state index in [0.29, 0.717) is 6.04 Å². The monoisotopic (exact) mass is 301 g/mol. The van der Waals surface area contributed by atoms with Crippen LogP contribution in [0.15, 0.2) is 48.5 Å². The molecule has 1 fully saturated rings. The fraction of sp³-hybridized carbons (Fsp3) is 0.333. The molecule has 3 heteroatoms. The molecule has 110 valence electrons. The Labute approximate surface area is 131 Å². The summed E-state index contributed by atoms with van der Waals surface area (Å²) in [5.74, 6) is 0.915. The lowest BCUT2D eigenvalue weighted by Gasteiger charge is -2.25. The van der Waals surface area contributed by atoms with E-state index < -0.39 is 0 Å². The number of hydrogen-bond donors (Lipinski definition) is 0. The van der Waals surface area contributed by atoms with Crippen molar-refractivity contribution in [2.45, 2.75) is 25.4 Å². The summed E-state index contributed by atoms with van der Waals surface area (Å²) < 4.78 is 5.24. The molecule has 2 aromatic carbocycles. The van der Waals surface area contributed by atoms with Crippen molar-refractivity contribution in [1.29, 1.82) is 0 Å². The summed E-state index contributed by atoms with van der Waals surface area (Å²) in [7, 11) is 1.70. The number of likely N-dealkylation sites (tertiary alicyclic amines) is 1. The first-order valence-electron chi connectivity index (χ1n) is 7.39. The molecule has 0 N–H and O–H groups in total. The van der Waals surface area contributed by atoms with Gasteiger partial charge in [0.1, 0.15) is 5.75 Å². The molecule has 0 saturated carbocycles. The van der Waals surface area contributed by atoms with Crippen molar-refractivity contribution in [3.8, 4) is 5.75 Å². The molecule has 21 heavy (non-hydrogen) atoms. The maximum absolute atomic E-state index is 6.08. The van der Waals surface area contributed by atoms with Crippen molar-refractivity contribution >= 4 is 11.6 Å². The minimum atomic E-state index is 0.495. The van der Waals surface area contributed by atoms with Crippen molar-refractivity contribution in [1.82, 2.24) is 4.90 Å². The van der Waals surface area contributed by atoms with Crippen LogP contribution in [0.5, 0.6) is 5.75 Å². The van der Waals surface area contributed by atoms with Crippen LogP contribution in [-0.4, -0.2) is 18.6 Å². The lowest BCUT2D eigenvalue weighted by molar-refractivity contribution is 0.248. The third kappa shape index (κ3) is 3.39. The van der Waals surface area contributed by atoms with E-state index in [-0.39, 0.29) is 0 Å². The number of benzene rings is 2. The van der Waals surface area contributed by atoms with E-state index in [0.717, 1.165) is 23.9 Å². The average molecular weight is 302 g/mol. The number of hydrogen-bond acceptors (Lipinski definition) is 2. The van der Waals surface area contributed by atoms with Gasteiger partial charge in [0.25, 0.3) is 0 Å². The molecule has 1 unspecified atom stereocenters. The number of nitrogens with zero attached hydrogens (tertiary/aromatic N) is 1. The molecule has 1 aliphatic heterocycles. The zero-order chi connectivity index (χ0) is 14.7. The molecule has 1 heterocycles. The van der Waals surface area contributed by atoms with Crippen LogP contribution in [0.4, 0.5) is 0 Å². The molecule has 3 rings (SSSR count). The van der Waals surface area contributed by atoms with Gasteiger partial charge >= 0.3 is 0 Å². The summed E-state index contributed by atoms with van der Waals surface area (Å²) in [5.41, 5.74) is 2.65. The number of methoxy groups -OCH3 is 1. The van der Waals surface area contributed by atoms with Crippen LogP contribution in [0.3, 0.4) is 0 Å². The molecule has 0 aromatic heterocycles. The highest BCUT2D eigenvalue weighted by Gasteiger charge is 2.25. The third-order valence-electron chi connectivity index (χ3n) is 4.14. The van der Waals surface area contributed by atoms with E-state index in [2.05, 4.69) is 29.2 Å². The van der Waals surface area contributed by atoms with Crippen LogP contribution in [0, 0.1) is 0 Å². The Kier molecular flexibility index (Phi) is 4.47. The Morgan fingerprint density at radius 3 is 2.71 bits per heavy atom. The highest BCUT2D eigenvalue weighted by atomic mass is 35.5. The van der Waals surface area contributed by atoms with Crippen LogP contribution < -0.4 is 4.74 Å². The minimum absolute atomic E-state index is 0.495. The van der Waals surface area contributed by atoms with Crippen molar-refractivity contribution in [3.63, 3.8) is 0 Å². The molecular formula is C18H20ClNO. The number of ether oxygens (including phenoxy) is 1. The molecule has 1 atom stereocenters. The molecule has 0 aliphatic carbocycles. The quantitative estimate of drug-likeness (QED) is 0.812. The summed E-state index contributed by atoms with van der Waals surface area (Å²) in [4.78, 5) is 2.54. The van der Waals surface area contributed by atoms with Gasteiger partial charge in [-0.2, -0.15) is 0 Å². The standard InChI is InChI=1S/C18H20ClNO/c1-21-17-9-7-15(8-10-17)18-6-3-11-20(18)13-14-4-2-5-16(19)12-14/h2,4-5,7-10,12,18H,3,6,11,13H2,1H3. The van der Waals surface area contributed by atoms with Crippen molar-refractivity contribution < 1.29 is 4.74 Å². The Hall–Kier alpha value is -1.51. The lowest BCUT2D eigenvalue weighted by atomic mass is 10.0. The van der Waals surface area contributed by atoms with Gasteiger partial charge in [0, 0.05) is 17.6 Å². The molecule has 1 aliphatic rings. The lowest BCUT2D eigenvalue weighted by Crippen LogP contribution is -2.22. The second-order valence-corrected chi connectivity index (χ2v) is 5.97. The summed E-state index contributed by atoms with van der Waals surface area (Å²) >= 11 is 6.08. The van der Waals surface area contributed by atoms with Crippen LogP contribution in [0.25, 0.3) is 0 Å². The van der Waals surface area contributed by atoms with E-state index in [1.165, 1.54) is 24.0 Å². The first-order chi connectivity index (χ1) is 10.3. The normalized spacial score (nSPS) is 18.9. The van der Waals surface area contributed by atoms with Crippen molar-refractivity contribution in [2.75, 3.05) is 13.7 Å². The largest absolute Gasteiger partial charge is 0.497 e. The van der Waals surface area contributed by atoms with Crippen LogP contribution >= 0.6 is 11.6 Å². The summed E-state index contributed by atoms with van der Waals surface area (Å²) in [5, 5.41) is 0.813. The van der Waals surface area contributed by atoms with Gasteiger partial charge in [-0.05, 0) is 54.8 Å². The van der Waals surface area contributed by atoms with Crippen LogP contribution in [0.2, 0.25) is 5.02 Å². The molecule has 0 radical (unpaired) electrons. The van der Waals surface area contributed by atoms with E-state index in [4.69, 9.17) is 16.3 Å². The number of halogens is 1. The summed E-state index contributed by atoms with van der Waals surface area (Å²) in [6.45, 7) is 2.10. The SMILES string of the molecule is COc1ccc(C2CCCN2Cc2cccc(Cl)c2)cc1. The average Bonchev–Trinajstić information content (AvgIpc) is 2.95. The highest BCUT2D eigenvalue weighted by Crippen LogP contribution is 2.34. The topological polar surface area (TPSA) is 12.5 Å². The van der Waals surface area contributed by atoms with Gasteiger partial charge in [-0.1, -0.05) is 35.9 Å². The zero-order valence-corrected chi connectivity index (χ0v) is 13.0. The second-order valence-electron chi connectivity index (χ2n) is 5.53. The Morgan fingerprint density at radius 2 is 2.00 bits per heavy atom. The third-order valence-corrected chi connectivity index (χ3v) is 4.37. The zero-order valence-electron chi connectivity index (χ0n) is 12.3. The van der Waals surface area contributed by atoms with E-state index >= 15 is 0 Å². The Morgan fingerprint density at radius 1 is 1.19 bits per heavy atom. The van der Waals surface area contributed by atoms with Gasteiger partial charge in [0.05, 0.1) is 7.11 Å². The van der Waals surface area contributed by atoms with Gasteiger partial charge in [-0.3, -0.25) is 4.90 Å². The smallest absolute Gasteiger partial charge is 0.118 e. The predicted molar refractivity (Wildman–Crippen MR) is 86.8 cm³/mol. The van der Waals surface area contributed by atoms with Gasteiger partial charge in [0.2, 0.25) is 0 Å². The fourth-order valence-electron chi connectivity index (χ4n) is 3.09. The number of rotatable bonds is 4. The maximum atomic E-state index is 6.08. The summed E-state index contributed by atoms with van der Waals surface area (Å²) in [6, 6.07) is 17.1. The molecule has 1 saturated heterocycles. The molecule has 2 aromatic rings. The molecule has 0 amide bonds. The van der Waals surface area contributed by atoms with Crippen molar-refractivity contribution in [3.05, 3.63) is 64.7 Å². The second kappa shape index (κ2) is 6.50. The van der Waals surface area contributed by atoms with E-state index in [1.807, 2.05) is 24.3 Å². The molecule has 0 spiro atoms. The maximum Gasteiger partial charge on any atom is 0.118 e. The van der Waals surface area contributed by atoms with Gasteiger partial charge < -0.3 is 4.74 Å².